The van der Waals surface area contributed by atoms with Gasteiger partial charge in [0, 0.05) is 10.9 Å². The Balaban J connectivity index is 1.54. The number of alkyl halides is 3. The molecule has 0 fully saturated rings. The molecule has 0 amide bonds. The number of hydrogen-bond donors (Lipinski definition) is 0. The molecule has 0 radical (unpaired) electrons. The lowest BCUT2D eigenvalue weighted by Gasteiger charge is -2.12. The van der Waals surface area contributed by atoms with Gasteiger partial charge in [-0.15, -0.1) is 0 Å². The van der Waals surface area contributed by atoms with E-state index in [1.807, 2.05) is 0 Å². The number of pyridine rings is 1. The highest BCUT2D eigenvalue weighted by atomic mass is 19.4. The molecule has 0 saturated carbocycles. The highest BCUT2D eigenvalue weighted by Crippen LogP contribution is 2.34. The SMILES string of the molecule is C=CCOc1ccc(-c2ccc3c(F)c(CCc4cc(F)c(C(F)(F)F)c(F)c4)ccc3c2)nc1. The first-order valence-electron chi connectivity index (χ1n) is 10.6. The Labute approximate surface area is 197 Å². The van der Waals surface area contributed by atoms with Crippen molar-refractivity contribution in [3.8, 4) is 17.0 Å². The molecule has 35 heavy (non-hydrogen) atoms. The van der Waals surface area contributed by atoms with E-state index in [1.54, 1.807) is 54.7 Å². The van der Waals surface area contributed by atoms with Crippen molar-refractivity contribution in [2.24, 2.45) is 0 Å². The molecule has 0 spiro atoms. The van der Waals surface area contributed by atoms with Gasteiger partial charge in [-0.3, -0.25) is 4.98 Å². The van der Waals surface area contributed by atoms with Crippen molar-refractivity contribution < 1.29 is 31.1 Å². The molecule has 0 aliphatic rings. The van der Waals surface area contributed by atoms with Crippen LogP contribution in [0.5, 0.6) is 5.75 Å². The fourth-order valence-corrected chi connectivity index (χ4v) is 3.80. The summed E-state index contributed by atoms with van der Waals surface area (Å²) in [6.07, 6.45) is -1.90. The van der Waals surface area contributed by atoms with Gasteiger partial charge in [0.05, 0.1) is 11.9 Å². The zero-order valence-corrected chi connectivity index (χ0v) is 18.3. The molecule has 0 atom stereocenters. The van der Waals surface area contributed by atoms with Crippen molar-refractivity contribution in [3.05, 3.63) is 108 Å². The molecular formula is C27H19F6NO. The molecule has 1 heterocycles. The number of ether oxygens (including phenoxy) is 1. The molecule has 1 aromatic heterocycles. The van der Waals surface area contributed by atoms with Crippen LogP contribution in [0, 0.1) is 17.5 Å². The smallest absolute Gasteiger partial charge is 0.422 e. The zero-order valence-electron chi connectivity index (χ0n) is 18.3. The summed E-state index contributed by atoms with van der Waals surface area (Å²) in [6, 6.07) is 13.2. The normalized spacial score (nSPS) is 11.6. The molecule has 180 valence electrons. The second-order valence-electron chi connectivity index (χ2n) is 7.89. The Hall–Kier alpha value is -3.81. The zero-order chi connectivity index (χ0) is 25.2. The molecule has 0 saturated heterocycles. The summed E-state index contributed by atoms with van der Waals surface area (Å²) in [5, 5.41) is 0.978. The number of nitrogens with zero attached hydrogens (tertiary/aromatic N) is 1. The van der Waals surface area contributed by atoms with Crippen LogP contribution in [0.4, 0.5) is 26.3 Å². The van der Waals surface area contributed by atoms with Gasteiger partial charge in [-0.05, 0) is 59.7 Å². The minimum atomic E-state index is -5.13. The van der Waals surface area contributed by atoms with Crippen LogP contribution in [0.25, 0.3) is 22.0 Å². The molecule has 2 nitrogen and oxygen atoms in total. The number of benzene rings is 3. The van der Waals surface area contributed by atoms with Crippen molar-refractivity contribution in [2.75, 3.05) is 6.61 Å². The number of halogens is 6. The van der Waals surface area contributed by atoms with Crippen LogP contribution in [-0.2, 0) is 19.0 Å². The van der Waals surface area contributed by atoms with E-state index in [2.05, 4.69) is 11.6 Å². The molecule has 4 rings (SSSR count). The maximum atomic E-state index is 15.1. The van der Waals surface area contributed by atoms with E-state index in [0.717, 1.165) is 5.56 Å². The minimum Gasteiger partial charge on any atom is -0.488 e. The standard InChI is InChI=1S/C27H19F6NO/c1-2-11-35-20-8-10-24(34-15-20)19-7-9-21-18(14-19)6-5-17(26(21)30)4-3-16-12-22(28)25(23(29)13-16)27(31,32)33/h2,5-10,12-15H,1,3-4,11H2. The van der Waals surface area contributed by atoms with Crippen LogP contribution >= 0.6 is 0 Å². The van der Waals surface area contributed by atoms with Crippen LogP contribution in [0.15, 0.2) is 73.4 Å². The molecule has 0 bridgehead atoms. The second-order valence-corrected chi connectivity index (χ2v) is 7.89. The van der Waals surface area contributed by atoms with Crippen molar-refractivity contribution in [1.82, 2.24) is 4.98 Å². The second kappa shape index (κ2) is 9.82. The van der Waals surface area contributed by atoms with Crippen molar-refractivity contribution in [3.63, 3.8) is 0 Å². The Morgan fingerprint density at radius 3 is 2.26 bits per heavy atom. The molecular weight excluding hydrogens is 468 g/mol. The van der Waals surface area contributed by atoms with Gasteiger partial charge >= 0.3 is 6.18 Å². The van der Waals surface area contributed by atoms with Gasteiger partial charge in [0.15, 0.2) is 0 Å². The first-order valence-corrected chi connectivity index (χ1v) is 10.6. The third-order valence-corrected chi connectivity index (χ3v) is 5.50. The van der Waals surface area contributed by atoms with Crippen LogP contribution in [0.2, 0.25) is 0 Å². The summed E-state index contributed by atoms with van der Waals surface area (Å²) in [5.41, 5.74) is -0.186. The van der Waals surface area contributed by atoms with Gasteiger partial charge in [0.1, 0.15) is 35.4 Å². The number of aryl methyl sites for hydroxylation is 2. The van der Waals surface area contributed by atoms with E-state index in [9.17, 15) is 22.0 Å². The minimum absolute atomic E-state index is 0.00874. The van der Waals surface area contributed by atoms with E-state index in [-0.39, 0.29) is 24.0 Å². The lowest BCUT2D eigenvalue weighted by atomic mass is 9.97. The van der Waals surface area contributed by atoms with E-state index in [4.69, 9.17) is 4.74 Å². The average molecular weight is 487 g/mol. The Morgan fingerprint density at radius 2 is 1.63 bits per heavy atom. The maximum Gasteiger partial charge on any atom is 0.422 e. The van der Waals surface area contributed by atoms with E-state index in [0.29, 0.717) is 41.0 Å². The number of aromatic nitrogens is 1. The van der Waals surface area contributed by atoms with Gasteiger partial charge in [0.2, 0.25) is 0 Å². The van der Waals surface area contributed by atoms with Crippen LogP contribution < -0.4 is 4.74 Å². The summed E-state index contributed by atoms with van der Waals surface area (Å²) in [6.45, 7) is 3.95. The Kier molecular flexibility index (Phi) is 6.82. The predicted molar refractivity (Wildman–Crippen MR) is 122 cm³/mol. The summed E-state index contributed by atoms with van der Waals surface area (Å²) in [4.78, 5) is 4.36. The third-order valence-electron chi connectivity index (χ3n) is 5.50. The van der Waals surface area contributed by atoms with Gasteiger partial charge in [-0.2, -0.15) is 13.2 Å². The summed E-state index contributed by atoms with van der Waals surface area (Å²) in [5.74, 6) is -3.28. The highest BCUT2D eigenvalue weighted by Gasteiger charge is 2.37. The largest absolute Gasteiger partial charge is 0.488 e. The summed E-state index contributed by atoms with van der Waals surface area (Å²) < 4.78 is 86.4. The van der Waals surface area contributed by atoms with Crippen molar-refractivity contribution in [1.29, 1.82) is 0 Å². The van der Waals surface area contributed by atoms with Crippen molar-refractivity contribution >= 4 is 10.8 Å². The number of rotatable bonds is 7. The molecule has 0 unspecified atom stereocenters. The fraction of sp³-hybridized carbons (Fsp3) is 0.148. The van der Waals surface area contributed by atoms with Gasteiger partial charge in [-0.1, -0.05) is 36.9 Å². The highest BCUT2D eigenvalue weighted by molar-refractivity contribution is 5.88. The molecule has 3 aromatic carbocycles. The lowest BCUT2D eigenvalue weighted by molar-refractivity contribution is -0.142. The first kappa shape index (κ1) is 24.3. The summed E-state index contributed by atoms with van der Waals surface area (Å²) in [7, 11) is 0. The maximum absolute atomic E-state index is 15.1. The van der Waals surface area contributed by atoms with Gasteiger partial charge in [-0.25, -0.2) is 13.2 Å². The van der Waals surface area contributed by atoms with E-state index in [1.165, 1.54) is 0 Å². The van der Waals surface area contributed by atoms with Crippen LogP contribution in [-0.4, -0.2) is 11.6 Å². The van der Waals surface area contributed by atoms with Crippen molar-refractivity contribution in [2.45, 2.75) is 19.0 Å². The fourth-order valence-electron chi connectivity index (χ4n) is 3.80. The molecule has 4 aromatic rings. The molecule has 0 N–H and O–H groups in total. The summed E-state index contributed by atoms with van der Waals surface area (Å²) >= 11 is 0. The Bertz CT molecular complexity index is 1360. The number of fused-ring (bicyclic) bond motifs is 1. The lowest BCUT2D eigenvalue weighted by Crippen LogP contribution is -2.12. The quantitative estimate of drug-likeness (QED) is 0.197. The molecule has 8 heteroatoms. The average Bonchev–Trinajstić information content (AvgIpc) is 2.81. The van der Waals surface area contributed by atoms with E-state index >= 15 is 4.39 Å². The third kappa shape index (κ3) is 5.31. The topological polar surface area (TPSA) is 22.1 Å². The van der Waals surface area contributed by atoms with Gasteiger partial charge < -0.3 is 4.74 Å². The molecule has 0 aliphatic carbocycles. The van der Waals surface area contributed by atoms with Crippen LogP contribution in [0.1, 0.15) is 16.7 Å². The van der Waals surface area contributed by atoms with Gasteiger partial charge in [0.25, 0.3) is 0 Å². The molecule has 0 aliphatic heterocycles. The first-order chi connectivity index (χ1) is 16.7. The van der Waals surface area contributed by atoms with Crippen LogP contribution in [0.3, 0.4) is 0 Å². The predicted octanol–water partition coefficient (Wildman–Crippen LogP) is 7.69. The number of hydrogen-bond acceptors (Lipinski definition) is 2. The van der Waals surface area contributed by atoms with E-state index < -0.39 is 29.2 Å². The Morgan fingerprint density at radius 1 is 0.886 bits per heavy atom. The monoisotopic (exact) mass is 487 g/mol.